The van der Waals surface area contributed by atoms with Crippen molar-refractivity contribution >= 4 is 11.0 Å². The van der Waals surface area contributed by atoms with Gasteiger partial charge in [0, 0.05) is 36.7 Å². The zero-order valence-electron chi connectivity index (χ0n) is 14.8. The third kappa shape index (κ3) is 2.99. The minimum absolute atomic E-state index is 0.0787. The SMILES string of the molecule is COc1ccc2c(CN3CCc4ccc(F)cc4C3C)cc(=O)oc2c1. The third-order valence-corrected chi connectivity index (χ3v) is 5.18. The fourth-order valence-corrected chi connectivity index (χ4v) is 3.74. The van der Waals surface area contributed by atoms with Gasteiger partial charge in [-0.25, -0.2) is 9.18 Å². The Balaban J connectivity index is 1.70. The van der Waals surface area contributed by atoms with Crippen LogP contribution in [0.4, 0.5) is 4.39 Å². The molecule has 0 fully saturated rings. The first kappa shape index (κ1) is 16.8. The Morgan fingerprint density at radius 3 is 2.88 bits per heavy atom. The summed E-state index contributed by atoms with van der Waals surface area (Å²) in [7, 11) is 1.58. The van der Waals surface area contributed by atoms with Gasteiger partial charge in [-0.2, -0.15) is 0 Å². The number of fused-ring (bicyclic) bond motifs is 2. The fraction of sp³-hybridized carbons (Fsp3) is 0.286. The number of rotatable bonds is 3. The van der Waals surface area contributed by atoms with Crippen LogP contribution in [0.25, 0.3) is 11.0 Å². The zero-order valence-corrected chi connectivity index (χ0v) is 14.8. The second-order valence-corrected chi connectivity index (χ2v) is 6.69. The van der Waals surface area contributed by atoms with Crippen molar-refractivity contribution in [2.75, 3.05) is 13.7 Å². The highest BCUT2D eigenvalue weighted by Gasteiger charge is 2.25. The van der Waals surface area contributed by atoms with Crippen LogP contribution < -0.4 is 10.4 Å². The van der Waals surface area contributed by atoms with E-state index in [0.717, 1.165) is 29.5 Å². The van der Waals surface area contributed by atoms with Gasteiger partial charge >= 0.3 is 5.63 Å². The molecule has 134 valence electrons. The number of methoxy groups -OCH3 is 1. The fourth-order valence-electron chi connectivity index (χ4n) is 3.74. The van der Waals surface area contributed by atoms with Gasteiger partial charge in [-0.3, -0.25) is 4.90 Å². The smallest absolute Gasteiger partial charge is 0.336 e. The van der Waals surface area contributed by atoms with Crippen LogP contribution in [0.2, 0.25) is 0 Å². The summed E-state index contributed by atoms with van der Waals surface area (Å²) in [6, 6.07) is 12.1. The lowest BCUT2D eigenvalue weighted by Gasteiger charge is -2.35. The summed E-state index contributed by atoms with van der Waals surface area (Å²) in [4.78, 5) is 14.3. The van der Waals surface area contributed by atoms with E-state index in [1.165, 1.54) is 11.6 Å². The Hall–Kier alpha value is -2.66. The Morgan fingerprint density at radius 2 is 2.08 bits per heavy atom. The molecular weight excluding hydrogens is 333 g/mol. The lowest BCUT2D eigenvalue weighted by molar-refractivity contribution is 0.189. The largest absolute Gasteiger partial charge is 0.497 e. The molecule has 0 spiro atoms. The van der Waals surface area contributed by atoms with E-state index in [2.05, 4.69) is 11.8 Å². The highest BCUT2D eigenvalue weighted by atomic mass is 19.1. The zero-order chi connectivity index (χ0) is 18.3. The Bertz CT molecular complexity index is 1030. The van der Waals surface area contributed by atoms with Crippen molar-refractivity contribution in [3.63, 3.8) is 0 Å². The van der Waals surface area contributed by atoms with Gasteiger partial charge in [-0.05, 0) is 54.3 Å². The van der Waals surface area contributed by atoms with Gasteiger partial charge in [0.25, 0.3) is 0 Å². The molecule has 5 heteroatoms. The summed E-state index contributed by atoms with van der Waals surface area (Å²) >= 11 is 0. The normalized spacial score (nSPS) is 17.3. The first-order chi connectivity index (χ1) is 12.5. The highest BCUT2D eigenvalue weighted by molar-refractivity contribution is 5.81. The molecule has 0 saturated heterocycles. The molecule has 1 atom stereocenters. The molecule has 0 saturated carbocycles. The number of ether oxygens (including phenoxy) is 1. The topological polar surface area (TPSA) is 42.7 Å². The number of halogens is 1. The van der Waals surface area contributed by atoms with Crippen molar-refractivity contribution in [3.05, 3.63) is 75.4 Å². The summed E-state index contributed by atoms with van der Waals surface area (Å²) in [5.74, 6) is 0.434. The molecule has 1 aromatic heterocycles. The van der Waals surface area contributed by atoms with Crippen LogP contribution in [0, 0.1) is 5.82 Å². The second kappa shape index (κ2) is 6.57. The predicted molar refractivity (Wildman–Crippen MR) is 98.0 cm³/mol. The van der Waals surface area contributed by atoms with Crippen LogP contribution in [-0.2, 0) is 13.0 Å². The van der Waals surface area contributed by atoms with E-state index in [1.807, 2.05) is 18.2 Å². The minimum Gasteiger partial charge on any atom is -0.497 e. The van der Waals surface area contributed by atoms with E-state index in [-0.39, 0.29) is 17.5 Å². The minimum atomic E-state index is -0.378. The molecule has 0 bridgehead atoms. The van der Waals surface area contributed by atoms with Gasteiger partial charge in [0.2, 0.25) is 0 Å². The lowest BCUT2D eigenvalue weighted by Crippen LogP contribution is -2.33. The molecule has 0 amide bonds. The Morgan fingerprint density at radius 1 is 1.23 bits per heavy atom. The van der Waals surface area contributed by atoms with Gasteiger partial charge < -0.3 is 9.15 Å². The van der Waals surface area contributed by atoms with E-state index < -0.39 is 0 Å². The van der Waals surface area contributed by atoms with Gasteiger partial charge in [-0.1, -0.05) is 6.07 Å². The number of hydrogen-bond acceptors (Lipinski definition) is 4. The predicted octanol–water partition coefficient (Wildman–Crippen LogP) is 4.06. The maximum absolute atomic E-state index is 13.7. The maximum atomic E-state index is 13.7. The molecule has 3 aromatic rings. The summed E-state index contributed by atoms with van der Waals surface area (Å²) in [6.07, 6.45) is 0.868. The average Bonchev–Trinajstić information content (AvgIpc) is 2.63. The van der Waals surface area contributed by atoms with E-state index >= 15 is 0 Å². The summed E-state index contributed by atoms with van der Waals surface area (Å²) in [5, 5.41) is 0.891. The van der Waals surface area contributed by atoms with E-state index in [4.69, 9.17) is 9.15 Å². The summed E-state index contributed by atoms with van der Waals surface area (Å²) < 4.78 is 24.2. The summed E-state index contributed by atoms with van der Waals surface area (Å²) in [6.45, 7) is 3.54. The van der Waals surface area contributed by atoms with Crippen molar-refractivity contribution in [2.24, 2.45) is 0 Å². The van der Waals surface area contributed by atoms with Crippen molar-refractivity contribution in [1.29, 1.82) is 0 Å². The van der Waals surface area contributed by atoms with Crippen molar-refractivity contribution in [1.82, 2.24) is 4.90 Å². The molecule has 0 N–H and O–H groups in total. The molecule has 1 aliphatic rings. The van der Waals surface area contributed by atoms with Crippen LogP contribution in [0.5, 0.6) is 5.75 Å². The molecule has 1 unspecified atom stereocenters. The van der Waals surface area contributed by atoms with Gasteiger partial charge in [0.15, 0.2) is 0 Å². The number of benzene rings is 2. The molecule has 2 aromatic carbocycles. The molecule has 0 radical (unpaired) electrons. The Kier molecular flexibility index (Phi) is 4.24. The Labute approximate surface area is 150 Å². The third-order valence-electron chi connectivity index (χ3n) is 5.18. The van der Waals surface area contributed by atoms with Gasteiger partial charge in [0.05, 0.1) is 7.11 Å². The lowest BCUT2D eigenvalue weighted by atomic mass is 9.93. The van der Waals surface area contributed by atoms with Crippen molar-refractivity contribution in [2.45, 2.75) is 25.9 Å². The first-order valence-electron chi connectivity index (χ1n) is 8.68. The highest BCUT2D eigenvalue weighted by Crippen LogP contribution is 2.32. The van der Waals surface area contributed by atoms with Crippen LogP contribution >= 0.6 is 0 Å². The quantitative estimate of drug-likeness (QED) is 0.666. The average molecular weight is 353 g/mol. The van der Waals surface area contributed by atoms with Crippen LogP contribution in [0.1, 0.15) is 29.7 Å². The molecule has 1 aliphatic heterocycles. The molecule has 4 nitrogen and oxygen atoms in total. The van der Waals surface area contributed by atoms with E-state index in [9.17, 15) is 9.18 Å². The van der Waals surface area contributed by atoms with E-state index in [1.54, 1.807) is 25.3 Å². The van der Waals surface area contributed by atoms with Crippen molar-refractivity contribution < 1.29 is 13.5 Å². The molecule has 2 heterocycles. The van der Waals surface area contributed by atoms with Crippen molar-refractivity contribution in [3.8, 4) is 5.75 Å². The second-order valence-electron chi connectivity index (χ2n) is 6.69. The molecular formula is C21H20FNO3. The molecule has 4 rings (SSSR count). The monoisotopic (exact) mass is 353 g/mol. The first-order valence-corrected chi connectivity index (χ1v) is 8.68. The molecule has 0 aliphatic carbocycles. The number of nitrogens with zero attached hydrogens (tertiary/aromatic N) is 1. The standard InChI is InChI=1S/C21H20FNO3/c1-13-19-10-16(22)4-3-14(19)7-8-23(13)12-15-9-21(24)26-20-11-17(25-2)5-6-18(15)20/h3-6,9-11,13H,7-8,12H2,1-2H3. The van der Waals surface area contributed by atoms with Crippen LogP contribution in [0.3, 0.4) is 0 Å². The maximum Gasteiger partial charge on any atom is 0.336 e. The number of hydrogen-bond donors (Lipinski definition) is 0. The summed E-state index contributed by atoms with van der Waals surface area (Å²) in [5.41, 5.74) is 3.26. The van der Waals surface area contributed by atoms with E-state index in [0.29, 0.717) is 17.9 Å². The molecule has 26 heavy (non-hydrogen) atoms. The van der Waals surface area contributed by atoms with Gasteiger partial charge in [0.1, 0.15) is 17.1 Å². The van der Waals surface area contributed by atoms with Crippen LogP contribution in [-0.4, -0.2) is 18.6 Å². The van der Waals surface area contributed by atoms with Gasteiger partial charge in [-0.15, -0.1) is 0 Å². The van der Waals surface area contributed by atoms with Crippen LogP contribution in [0.15, 0.2) is 51.7 Å².